The van der Waals surface area contributed by atoms with Gasteiger partial charge in [0.15, 0.2) is 0 Å². The number of hydrogen-bond acceptors (Lipinski definition) is 6. The van der Waals surface area contributed by atoms with Gasteiger partial charge in [0.1, 0.15) is 17.2 Å². The molecule has 0 radical (unpaired) electrons. The van der Waals surface area contributed by atoms with Crippen LogP contribution in [0.15, 0.2) is 65.8 Å². The minimum atomic E-state index is 0.0138. The molecule has 1 aromatic carbocycles. The first-order chi connectivity index (χ1) is 15.5. The summed E-state index contributed by atoms with van der Waals surface area (Å²) in [6.45, 7) is 6.05. The van der Waals surface area contributed by atoms with Gasteiger partial charge in [-0.05, 0) is 56.2 Å². The van der Waals surface area contributed by atoms with E-state index in [4.69, 9.17) is 4.42 Å². The molecule has 5 aromatic rings. The van der Waals surface area contributed by atoms with Crippen molar-refractivity contribution in [2.24, 2.45) is 7.05 Å². The molecule has 0 fully saturated rings. The van der Waals surface area contributed by atoms with E-state index in [-0.39, 0.29) is 6.04 Å². The molecule has 0 saturated carbocycles. The Hall–Kier alpha value is -4.00. The van der Waals surface area contributed by atoms with Gasteiger partial charge in [0.25, 0.3) is 0 Å². The van der Waals surface area contributed by atoms with Crippen molar-refractivity contribution in [3.63, 3.8) is 0 Å². The fourth-order valence-corrected chi connectivity index (χ4v) is 3.83. The molecule has 5 rings (SSSR count). The lowest BCUT2D eigenvalue weighted by Crippen LogP contribution is -2.09. The molecule has 0 unspecified atom stereocenters. The molecule has 0 bridgehead atoms. The smallest absolute Gasteiger partial charge is 0.134 e. The van der Waals surface area contributed by atoms with Gasteiger partial charge in [-0.2, -0.15) is 5.10 Å². The van der Waals surface area contributed by atoms with Crippen LogP contribution in [0.5, 0.6) is 0 Å². The second-order valence-corrected chi connectivity index (χ2v) is 8.09. The van der Waals surface area contributed by atoms with Gasteiger partial charge in [0, 0.05) is 53.8 Å². The summed E-state index contributed by atoms with van der Waals surface area (Å²) in [6, 6.07) is 10.3. The van der Waals surface area contributed by atoms with Crippen molar-refractivity contribution in [2.45, 2.75) is 26.8 Å². The van der Waals surface area contributed by atoms with E-state index in [0.29, 0.717) is 5.82 Å². The van der Waals surface area contributed by atoms with E-state index in [9.17, 15) is 0 Å². The Bertz CT molecular complexity index is 1420. The zero-order chi connectivity index (χ0) is 22.2. The van der Waals surface area contributed by atoms with E-state index in [1.807, 2.05) is 63.9 Å². The van der Waals surface area contributed by atoms with Gasteiger partial charge in [0.05, 0.1) is 24.2 Å². The number of hydrogen-bond donors (Lipinski definition) is 1. The maximum atomic E-state index is 5.58. The van der Waals surface area contributed by atoms with Crippen LogP contribution in [-0.2, 0) is 7.05 Å². The van der Waals surface area contributed by atoms with E-state index in [0.717, 1.165) is 50.3 Å². The van der Waals surface area contributed by atoms with Gasteiger partial charge >= 0.3 is 0 Å². The standard InChI is InChI=1S/C25H24N6O/c1-15-14-32-24-6-5-18(8-22(15)24)23-9-25(30-17(3)29-23)28-16(2)19-7-20(11-26-10-19)21-12-27-31(4)13-21/h5-14,16H,1-4H3,(H,28,29,30)/t16-/m0/s1. The predicted octanol–water partition coefficient (Wildman–Crippen LogP) is 5.48. The summed E-state index contributed by atoms with van der Waals surface area (Å²) in [5.74, 6) is 1.49. The van der Waals surface area contributed by atoms with Crippen molar-refractivity contribution >= 4 is 16.8 Å². The first kappa shape index (κ1) is 19.9. The molecular weight excluding hydrogens is 400 g/mol. The summed E-state index contributed by atoms with van der Waals surface area (Å²) >= 11 is 0. The van der Waals surface area contributed by atoms with Crippen LogP contribution >= 0.6 is 0 Å². The van der Waals surface area contributed by atoms with E-state index >= 15 is 0 Å². The van der Waals surface area contributed by atoms with Crippen LogP contribution in [0.2, 0.25) is 0 Å². The topological polar surface area (TPSA) is 81.7 Å². The number of benzene rings is 1. The largest absolute Gasteiger partial charge is 0.464 e. The van der Waals surface area contributed by atoms with Crippen LogP contribution in [0.4, 0.5) is 5.82 Å². The molecule has 0 spiro atoms. The van der Waals surface area contributed by atoms with E-state index < -0.39 is 0 Å². The summed E-state index contributed by atoms with van der Waals surface area (Å²) < 4.78 is 7.36. The Morgan fingerprint density at radius 2 is 1.84 bits per heavy atom. The molecule has 1 N–H and O–H groups in total. The van der Waals surface area contributed by atoms with Gasteiger partial charge in [-0.1, -0.05) is 0 Å². The van der Waals surface area contributed by atoms with Gasteiger partial charge < -0.3 is 9.73 Å². The molecule has 7 nitrogen and oxygen atoms in total. The van der Waals surface area contributed by atoms with Gasteiger partial charge in [0.2, 0.25) is 0 Å². The Kier molecular flexibility index (Phi) is 4.93. The highest BCUT2D eigenvalue weighted by Gasteiger charge is 2.12. The molecular formula is C25H24N6O. The third-order valence-corrected chi connectivity index (χ3v) is 5.56. The number of fused-ring (bicyclic) bond motifs is 1. The molecule has 160 valence electrons. The Labute approximate surface area is 186 Å². The van der Waals surface area contributed by atoms with Crippen LogP contribution in [0.25, 0.3) is 33.4 Å². The number of furan rings is 1. The molecule has 32 heavy (non-hydrogen) atoms. The summed E-state index contributed by atoms with van der Waals surface area (Å²) in [4.78, 5) is 13.7. The number of pyridine rings is 1. The maximum Gasteiger partial charge on any atom is 0.134 e. The molecule has 0 aliphatic carbocycles. The van der Waals surface area contributed by atoms with Crippen LogP contribution < -0.4 is 5.32 Å². The molecule has 4 heterocycles. The first-order valence-electron chi connectivity index (χ1n) is 10.5. The minimum Gasteiger partial charge on any atom is -0.464 e. The zero-order valence-electron chi connectivity index (χ0n) is 18.5. The number of rotatable bonds is 5. The lowest BCUT2D eigenvalue weighted by atomic mass is 10.1. The van der Waals surface area contributed by atoms with Crippen LogP contribution in [0, 0.1) is 13.8 Å². The number of anilines is 1. The molecule has 0 amide bonds. The fourth-order valence-electron chi connectivity index (χ4n) is 3.83. The summed E-state index contributed by atoms with van der Waals surface area (Å²) in [7, 11) is 1.91. The third kappa shape index (κ3) is 3.85. The minimum absolute atomic E-state index is 0.0138. The van der Waals surface area contributed by atoms with E-state index in [1.165, 1.54) is 0 Å². The van der Waals surface area contributed by atoms with Crippen LogP contribution in [-0.4, -0.2) is 24.7 Å². The highest BCUT2D eigenvalue weighted by atomic mass is 16.3. The summed E-state index contributed by atoms with van der Waals surface area (Å²) in [5.41, 5.74) is 7.04. The number of nitrogens with zero attached hydrogens (tertiary/aromatic N) is 5. The fraction of sp³-hybridized carbons (Fsp3) is 0.200. The lowest BCUT2D eigenvalue weighted by molar-refractivity contribution is 0.613. The second kappa shape index (κ2) is 7.92. The Morgan fingerprint density at radius 3 is 2.66 bits per heavy atom. The molecule has 0 aliphatic rings. The van der Waals surface area contributed by atoms with Crippen molar-refractivity contribution in [2.75, 3.05) is 5.32 Å². The van der Waals surface area contributed by atoms with Crippen LogP contribution in [0.1, 0.15) is 29.9 Å². The average Bonchev–Trinajstić information content (AvgIpc) is 3.39. The monoisotopic (exact) mass is 424 g/mol. The molecule has 0 saturated heterocycles. The highest BCUT2D eigenvalue weighted by Crippen LogP contribution is 2.29. The normalized spacial score (nSPS) is 12.2. The van der Waals surface area contributed by atoms with E-state index in [2.05, 4.69) is 44.4 Å². The zero-order valence-corrected chi connectivity index (χ0v) is 18.5. The molecule has 7 heteroatoms. The summed E-state index contributed by atoms with van der Waals surface area (Å²) in [5, 5.41) is 8.86. The van der Waals surface area contributed by atoms with Crippen molar-refractivity contribution in [1.29, 1.82) is 0 Å². The van der Waals surface area contributed by atoms with Gasteiger partial charge in [-0.25, -0.2) is 9.97 Å². The van der Waals surface area contributed by atoms with Crippen molar-refractivity contribution < 1.29 is 4.42 Å². The molecule has 4 aromatic heterocycles. The van der Waals surface area contributed by atoms with Gasteiger partial charge in [-0.15, -0.1) is 0 Å². The second-order valence-electron chi connectivity index (χ2n) is 8.09. The predicted molar refractivity (Wildman–Crippen MR) is 125 cm³/mol. The average molecular weight is 425 g/mol. The molecule has 0 aliphatic heterocycles. The molecule has 1 atom stereocenters. The lowest BCUT2D eigenvalue weighted by Gasteiger charge is -2.16. The maximum absolute atomic E-state index is 5.58. The SMILES string of the molecule is Cc1nc(N[C@@H](C)c2cncc(-c3cnn(C)c3)c2)cc(-c2ccc3occ(C)c3c2)n1. The van der Waals surface area contributed by atoms with Crippen molar-refractivity contribution in [3.8, 4) is 22.4 Å². The third-order valence-electron chi connectivity index (χ3n) is 5.56. The number of nitrogens with one attached hydrogen (secondary N) is 1. The van der Waals surface area contributed by atoms with Crippen molar-refractivity contribution in [1.82, 2.24) is 24.7 Å². The first-order valence-corrected chi connectivity index (χ1v) is 10.5. The van der Waals surface area contributed by atoms with Crippen molar-refractivity contribution in [3.05, 3.63) is 78.3 Å². The Morgan fingerprint density at radius 1 is 0.969 bits per heavy atom. The number of aryl methyl sites for hydroxylation is 3. The highest BCUT2D eigenvalue weighted by molar-refractivity contribution is 5.85. The Balaban J connectivity index is 1.43. The summed E-state index contributed by atoms with van der Waals surface area (Å²) in [6.07, 6.45) is 9.34. The quantitative estimate of drug-likeness (QED) is 0.403. The van der Waals surface area contributed by atoms with Crippen LogP contribution in [0.3, 0.4) is 0 Å². The number of aromatic nitrogens is 5. The van der Waals surface area contributed by atoms with Gasteiger partial charge in [-0.3, -0.25) is 9.67 Å². The van der Waals surface area contributed by atoms with E-state index in [1.54, 1.807) is 10.9 Å².